The minimum atomic E-state index is -0.213. The Bertz CT molecular complexity index is 676. The number of H-pyrrole nitrogens is 1. The second kappa shape index (κ2) is 5.69. The number of anilines is 1. The van der Waals surface area contributed by atoms with Crippen LogP contribution in [-0.2, 0) is 0 Å². The van der Waals surface area contributed by atoms with Gasteiger partial charge in [-0.15, -0.1) is 11.3 Å². The molecule has 0 fully saturated rings. The van der Waals surface area contributed by atoms with Crippen molar-refractivity contribution < 1.29 is 21.8 Å². The number of aromatic nitrogens is 1. The van der Waals surface area contributed by atoms with Gasteiger partial charge in [0.05, 0.1) is 4.88 Å². The Morgan fingerprint density at radius 3 is 2.32 bits per heavy atom. The fourth-order valence-corrected chi connectivity index (χ4v) is 3.34. The highest BCUT2D eigenvalue weighted by atomic mass is 35.5. The number of hydrogen-bond acceptors (Lipinski definition) is 3. The van der Waals surface area contributed by atoms with E-state index < -0.39 is 0 Å². The van der Waals surface area contributed by atoms with Gasteiger partial charge in [-0.05, 0) is 29.8 Å². The van der Waals surface area contributed by atoms with Crippen LogP contribution < -0.4 is 23.1 Å². The number of nitrogens with two attached hydrogens (primary N) is 1. The molecule has 1 aromatic carbocycles. The zero-order chi connectivity index (χ0) is 12.5. The highest BCUT2D eigenvalue weighted by molar-refractivity contribution is 7.19. The molecule has 0 aliphatic heterocycles. The monoisotopic (exact) mass is 312 g/mol. The van der Waals surface area contributed by atoms with Gasteiger partial charge in [0.15, 0.2) is 5.69 Å². The minimum Gasteiger partial charge on any atom is -1.00 e. The van der Waals surface area contributed by atoms with E-state index in [0.29, 0.717) is 5.13 Å². The summed E-state index contributed by atoms with van der Waals surface area (Å²) in [4.78, 5) is 5.35. The molecule has 3 rings (SSSR count). The van der Waals surface area contributed by atoms with Crippen molar-refractivity contribution in [1.82, 2.24) is 0 Å². The van der Waals surface area contributed by atoms with Crippen molar-refractivity contribution in [3.8, 4) is 21.0 Å². The summed E-state index contributed by atoms with van der Waals surface area (Å²) in [5, 5.41) is 2.69. The van der Waals surface area contributed by atoms with Crippen molar-refractivity contribution in [3.63, 3.8) is 0 Å². The standard InChI is InChI=1S/C13H9FN2S2.ClH/c14-9-3-1-8(2-4-9)11-5-6-12(18-11)10-7-17-13(15)16-10;/h1-7H,(H2,15,16);1H. The van der Waals surface area contributed by atoms with Gasteiger partial charge in [0.2, 0.25) is 0 Å². The van der Waals surface area contributed by atoms with Crippen LogP contribution in [0.25, 0.3) is 21.0 Å². The Hall–Kier alpha value is -1.43. The van der Waals surface area contributed by atoms with Crippen LogP contribution in [0.4, 0.5) is 9.52 Å². The van der Waals surface area contributed by atoms with E-state index in [1.165, 1.54) is 23.5 Å². The number of thiophene rings is 1. The number of rotatable bonds is 2. The van der Waals surface area contributed by atoms with Crippen LogP contribution in [0.15, 0.2) is 41.8 Å². The number of aromatic amines is 1. The quantitative estimate of drug-likeness (QED) is 0.743. The second-order valence-electron chi connectivity index (χ2n) is 3.81. The van der Waals surface area contributed by atoms with Gasteiger partial charge in [-0.3, -0.25) is 5.73 Å². The molecule has 2 heterocycles. The average Bonchev–Trinajstić information content (AvgIpc) is 2.98. The number of nitrogen functional groups attached to an aromatic ring is 1. The first-order valence-corrected chi connectivity index (χ1v) is 7.04. The molecule has 0 spiro atoms. The summed E-state index contributed by atoms with van der Waals surface area (Å²) in [5.74, 6) is -0.213. The number of benzene rings is 1. The third-order valence-corrected chi connectivity index (χ3v) is 4.44. The normalized spacial score (nSPS) is 10.2. The van der Waals surface area contributed by atoms with Crippen molar-refractivity contribution in [2.45, 2.75) is 0 Å². The van der Waals surface area contributed by atoms with Crippen molar-refractivity contribution in [2.24, 2.45) is 0 Å². The molecule has 0 radical (unpaired) electrons. The predicted molar refractivity (Wildman–Crippen MR) is 74.0 cm³/mol. The first-order chi connectivity index (χ1) is 8.72. The van der Waals surface area contributed by atoms with Crippen molar-refractivity contribution >= 4 is 27.8 Å². The van der Waals surface area contributed by atoms with Crippen LogP contribution in [0.3, 0.4) is 0 Å². The first kappa shape index (κ1) is 14.0. The summed E-state index contributed by atoms with van der Waals surface area (Å²) in [6, 6.07) is 10.6. The van der Waals surface area contributed by atoms with E-state index in [-0.39, 0.29) is 18.2 Å². The molecule has 19 heavy (non-hydrogen) atoms. The molecule has 98 valence electrons. The number of hydrogen-bond donors (Lipinski definition) is 1. The fourth-order valence-electron chi connectivity index (χ4n) is 1.69. The van der Waals surface area contributed by atoms with Crippen molar-refractivity contribution in [2.75, 3.05) is 5.73 Å². The Morgan fingerprint density at radius 1 is 1.00 bits per heavy atom. The highest BCUT2D eigenvalue weighted by Crippen LogP contribution is 2.33. The summed E-state index contributed by atoms with van der Waals surface area (Å²) in [6.45, 7) is 0. The van der Waals surface area contributed by atoms with Crippen LogP contribution in [-0.4, -0.2) is 0 Å². The third kappa shape index (κ3) is 2.94. The van der Waals surface area contributed by atoms with E-state index in [1.807, 2.05) is 17.5 Å². The van der Waals surface area contributed by atoms with Gasteiger partial charge in [0.25, 0.3) is 0 Å². The lowest BCUT2D eigenvalue weighted by Crippen LogP contribution is -3.00. The zero-order valence-electron chi connectivity index (χ0n) is 9.69. The van der Waals surface area contributed by atoms with Gasteiger partial charge in [0.1, 0.15) is 5.82 Å². The van der Waals surface area contributed by atoms with Gasteiger partial charge in [-0.1, -0.05) is 23.5 Å². The van der Waals surface area contributed by atoms with Crippen LogP contribution >= 0.6 is 22.7 Å². The number of nitrogens with one attached hydrogen (secondary N) is 1. The molecule has 0 bridgehead atoms. The third-order valence-electron chi connectivity index (χ3n) is 2.56. The molecular formula is C13H10ClFN2S2. The Balaban J connectivity index is 0.00000133. The van der Waals surface area contributed by atoms with Crippen molar-refractivity contribution in [3.05, 3.63) is 47.6 Å². The van der Waals surface area contributed by atoms with Gasteiger partial charge in [0, 0.05) is 10.3 Å². The van der Waals surface area contributed by atoms with Crippen molar-refractivity contribution in [1.29, 1.82) is 0 Å². The number of halogens is 2. The average molecular weight is 313 g/mol. The van der Waals surface area contributed by atoms with Crippen LogP contribution in [0.2, 0.25) is 0 Å². The van der Waals surface area contributed by atoms with E-state index in [9.17, 15) is 4.39 Å². The van der Waals surface area contributed by atoms with E-state index in [2.05, 4.69) is 4.98 Å². The minimum absolute atomic E-state index is 0. The molecule has 2 aromatic heterocycles. The molecule has 0 atom stereocenters. The molecule has 6 heteroatoms. The molecule has 0 amide bonds. The first-order valence-electron chi connectivity index (χ1n) is 5.35. The summed E-state index contributed by atoms with van der Waals surface area (Å²) < 4.78 is 12.9. The topological polar surface area (TPSA) is 40.2 Å². The lowest BCUT2D eigenvalue weighted by molar-refractivity contribution is -0.340. The molecule has 0 saturated heterocycles. The Morgan fingerprint density at radius 2 is 1.68 bits per heavy atom. The molecular weight excluding hydrogens is 303 g/mol. The smallest absolute Gasteiger partial charge is 0.329 e. The number of thiazole rings is 1. The zero-order valence-corrected chi connectivity index (χ0v) is 12.1. The Labute approximate surface area is 124 Å². The lowest BCUT2D eigenvalue weighted by atomic mass is 10.2. The summed E-state index contributed by atoms with van der Waals surface area (Å²) in [6.07, 6.45) is 0. The molecule has 0 unspecified atom stereocenters. The lowest BCUT2D eigenvalue weighted by Gasteiger charge is -1.95. The molecule has 3 N–H and O–H groups in total. The maximum absolute atomic E-state index is 12.9. The Kier molecular flexibility index (Phi) is 4.19. The molecule has 3 aromatic rings. The van der Waals surface area contributed by atoms with E-state index in [4.69, 9.17) is 5.73 Å². The van der Waals surface area contributed by atoms with Crippen LogP contribution in [0.5, 0.6) is 0 Å². The van der Waals surface area contributed by atoms with E-state index in [0.717, 1.165) is 21.0 Å². The van der Waals surface area contributed by atoms with Crippen LogP contribution in [0.1, 0.15) is 0 Å². The molecule has 2 nitrogen and oxygen atoms in total. The molecule has 0 aliphatic carbocycles. The van der Waals surface area contributed by atoms with Gasteiger partial charge in [-0.2, -0.15) is 0 Å². The summed E-state index contributed by atoms with van der Waals surface area (Å²) in [5.41, 5.74) is 7.72. The maximum Gasteiger partial charge on any atom is 0.329 e. The van der Waals surface area contributed by atoms with Gasteiger partial charge >= 0.3 is 5.13 Å². The molecule has 0 saturated carbocycles. The summed E-state index contributed by atoms with van der Waals surface area (Å²) >= 11 is 3.14. The highest BCUT2D eigenvalue weighted by Gasteiger charge is 2.10. The van der Waals surface area contributed by atoms with Crippen LogP contribution in [0, 0.1) is 5.82 Å². The maximum atomic E-state index is 12.9. The predicted octanol–water partition coefficient (Wildman–Crippen LogP) is 0.683. The van der Waals surface area contributed by atoms with Gasteiger partial charge < -0.3 is 12.4 Å². The fraction of sp³-hybridized carbons (Fsp3) is 0. The van der Waals surface area contributed by atoms with E-state index in [1.54, 1.807) is 23.5 Å². The second-order valence-corrected chi connectivity index (χ2v) is 5.80. The van der Waals surface area contributed by atoms with Gasteiger partial charge in [-0.25, -0.2) is 9.37 Å². The van der Waals surface area contributed by atoms with E-state index >= 15 is 0 Å². The largest absolute Gasteiger partial charge is 1.00 e. The summed E-state index contributed by atoms with van der Waals surface area (Å²) in [7, 11) is 0. The molecule has 0 aliphatic rings. The SMILES string of the molecule is Nc1[nH+]c(-c2ccc(-c3ccc(F)cc3)s2)cs1.[Cl-].